The average Bonchev–Trinajstić information content (AvgIpc) is 3.83. The zero-order valence-electron chi connectivity index (χ0n) is 25.8. The molecule has 0 atom stereocenters. The van der Waals surface area contributed by atoms with E-state index < -0.39 is 0 Å². The molecule has 0 spiro atoms. The third-order valence-electron chi connectivity index (χ3n) is 8.84. The molecule has 0 saturated heterocycles. The minimum absolute atomic E-state index is 0. The average molecular weight is 799 g/mol. The molecular formula is C43H29AuN4+2. The van der Waals surface area contributed by atoms with Crippen LogP contribution in [0.25, 0.3) is 49.3 Å². The second-order valence-electron chi connectivity index (χ2n) is 11.6. The Hall–Kier alpha value is -5.74. The fourth-order valence-electron chi connectivity index (χ4n) is 6.76. The first-order chi connectivity index (χ1) is 23.3. The van der Waals surface area contributed by atoms with Crippen molar-refractivity contribution in [2.75, 3.05) is 0 Å². The first-order valence-corrected chi connectivity index (χ1v) is 15.8. The largest absolute Gasteiger partial charge is 1.00 e. The SMILES string of the molecule is C1=[N+](c2ccccc2)c2ccccc2[N+]=1c1ccccc1.[Au+].c1ccc(-n2c3ccccc3c3ccc4[n-]c5ccccc5c4c32)cc1. The zero-order valence-corrected chi connectivity index (χ0v) is 28.0. The smallest absolute Gasteiger partial charge is 0.657 e. The van der Waals surface area contributed by atoms with Crippen molar-refractivity contribution in [2.24, 2.45) is 0 Å². The van der Waals surface area contributed by atoms with Crippen LogP contribution in [0.2, 0.25) is 0 Å². The number of fused-ring (bicyclic) bond motifs is 8. The summed E-state index contributed by atoms with van der Waals surface area (Å²) < 4.78 is 6.58. The molecule has 0 aliphatic carbocycles. The topological polar surface area (TPSA) is 25.1 Å². The van der Waals surface area contributed by atoms with Gasteiger partial charge in [-0.3, -0.25) is 0 Å². The maximum absolute atomic E-state index is 4.86. The fraction of sp³-hybridized carbons (Fsp3) is 0. The van der Waals surface area contributed by atoms with E-state index in [1.165, 1.54) is 38.3 Å². The Balaban J connectivity index is 0.000000140. The zero-order chi connectivity index (χ0) is 31.2. The first kappa shape index (κ1) is 29.6. The van der Waals surface area contributed by atoms with Gasteiger partial charge in [-0.15, -0.1) is 11.0 Å². The van der Waals surface area contributed by atoms with Crippen LogP contribution in [0.15, 0.2) is 176 Å². The third kappa shape index (κ3) is 4.92. The van der Waals surface area contributed by atoms with Crippen molar-refractivity contribution in [3.63, 3.8) is 0 Å². The summed E-state index contributed by atoms with van der Waals surface area (Å²) in [6, 6.07) is 64.5. The van der Waals surface area contributed by atoms with E-state index >= 15 is 0 Å². The van der Waals surface area contributed by atoms with E-state index in [1.54, 1.807) is 0 Å². The van der Waals surface area contributed by atoms with Crippen LogP contribution >= 0.6 is 0 Å². The molecule has 2 aromatic heterocycles. The molecule has 0 saturated carbocycles. The fourth-order valence-corrected chi connectivity index (χ4v) is 6.76. The summed E-state index contributed by atoms with van der Waals surface area (Å²) >= 11 is 0. The van der Waals surface area contributed by atoms with Crippen LogP contribution in [0, 0.1) is 0 Å². The summed E-state index contributed by atoms with van der Waals surface area (Å²) in [4.78, 5) is 4.86. The van der Waals surface area contributed by atoms with Crippen LogP contribution < -0.4 is 14.1 Å². The molecule has 0 radical (unpaired) electrons. The molecule has 9 aromatic rings. The van der Waals surface area contributed by atoms with Gasteiger partial charge in [0.05, 0.1) is 11.0 Å². The molecule has 7 aromatic carbocycles. The van der Waals surface area contributed by atoms with Gasteiger partial charge in [-0.2, -0.15) is 0 Å². The summed E-state index contributed by atoms with van der Waals surface area (Å²) in [6.07, 6.45) is 0. The van der Waals surface area contributed by atoms with Gasteiger partial charge in [-0.1, -0.05) is 121 Å². The van der Waals surface area contributed by atoms with E-state index in [0.29, 0.717) is 0 Å². The number of para-hydroxylation sites is 7. The predicted molar refractivity (Wildman–Crippen MR) is 196 cm³/mol. The molecule has 0 bridgehead atoms. The normalized spacial score (nSPS) is 11.9. The Kier molecular flexibility index (Phi) is 7.70. The van der Waals surface area contributed by atoms with Gasteiger partial charge >= 0.3 is 28.4 Å². The second kappa shape index (κ2) is 12.5. The summed E-state index contributed by atoms with van der Waals surface area (Å²) in [5.74, 6) is 0. The molecule has 0 fully saturated rings. The monoisotopic (exact) mass is 798 g/mol. The van der Waals surface area contributed by atoms with Gasteiger partial charge in [-0.25, -0.2) is 0 Å². The van der Waals surface area contributed by atoms with E-state index in [9.17, 15) is 0 Å². The second-order valence-corrected chi connectivity index (χ2v) is 11.6. The van der Waals surface area contributed by atoms with E-state index in [1.807, 2.05) is 36.4 Å². The van der Waals surface area contributed by atoms with Crippen molar-refractivity contribution in [1.82, 2.24) is 18.7 Å². The number of hydrogen-bond acceptors (Lipinski definition) is 0. The number of benzene rings is 7. The molecular weight excluding hydrogens is 769 g/mol. The number of nitrogens with zero attached hydrogens (tertiary/aromatic N) is 4. The summed E-state index contributed by atoms with van der Waals surface area (Å²) in [6.45, 7) is 0. The van der Waals surface area contributed by atoms with E-state index in [4.69, 9.17) is 4.98 Å². The van der Waals surface area contributed by atoms with Gasteiger partial charge in [0.1, 0.15) is 0 Å². The minimum Gasteiger partial charge on any atom is -0.657 e. The Morgan fingerprint density at radius 3 is 1.60 bits per heavy atom. The maximum atomic E-state index is 4.86. The summed E-state index contributed by atoms with van der Waals surface area (Å²) in [5.41, 5.74) is 10.3. The van der Waals surface area contributed by atoms with Crippen LogP contribution in [0.1, 0.15) is 0 Å². The van der Waals surface area contributed by atoms with E-state index in [0.717, 1.165) is 33.8 Å². The molecule has 1 aliphatic heterocycles. The van der Waals surface area contributed by atoms with Crippen LogP contribution in [0.5, 0.6) is 0 Å². The molecule has 48 heavy (non-hydrogen) atoms. The van der Waals surface area contributed by atoms with Crippen molar-refractivity contribution < 1.29 is 22.4 Å². The third-order valence-corrected chi connectivity index (χ3v) is 8.84. The molecule has 230 valence electrons. The first-order valence-electron chi connectivity index (χ1n) is 15.8. The van der Waals surface area contributed by atoms with Gasteiger partial charge in [0, 0.05) is 52.9 Å². The standard InChI is InChI=1S/C24H15N2.C19H14N2.Au/c1-2-8-16(9-3-1)26-22-13-7-5-10-17(22)18-14-15-21-23(24(18)26)19-11-4-6-12-20(19)25-21;1-3-9-16(10-4-1)20-15-21(17-11-5-2-6-12-17)19-14-8-7-13-18(19)20;/h1-15H;1-14H;/q-1;+2;+1. The van der Waals surface area contributed by atoms with Crippen LogP contribution in [0.3, 0.4) is 0 Å². The molecule has 0 N–H and O–H groups in total. The summed E-state index contributed by atoms with van der Waals surface area (Å²) in [7, 11) is 0. The van der Waals surface area contributed by atoms with Gasteiger partial charge < -0.3 is 9.55 Å². The maximum Gasteiger partial charge on any atom is 1.00 e. The van der Waals surface area contributed by atoms with Gasteiger partial charge in [-0.05, 0) is 38.1 Å². The molecule has 0 amide bonds. The van der Waals surface area contributed by atoms with Crippen molar-refractivity contribution in [3.05, 3.63) is 176 Å². The number of rotatable bonds is 3. The molecule has 3 heterocycles. The quantitative estimate of drug-likeness (QED) is 0.129. The van der Waals surface area contributed by atoms with Crippen molar-refractivity contribution in [2.45, 2.75) is 0 Å². The van der Waals surface area contributed by atoms with E-state index in [2.05, 4.69) is 159 Å². The van der Waals surface area contributed by atoms with Crippen molar-refractivity contribution >= 4 is 72.4 Å². The predicted octanol–water partition coefficient (Wildman–Crippen LogP) is 10.6. The van der Waals surface area contributed by atoms with Crippen LogP contribution in [-0.2, 0) is 22.4 Å². The molecule has 1 aliphatic rings. The van der Waals surface area contributed by atoms with Crippen molar-refractivity contribution in [3.8, 4) is 5.69 Å². The summed E-state index contributed by atoms with van der Waals surface area (Å²) in [5, 5.41) is 5.00. The molecule has 5 heteroatoms. The Bertz CT molecular complexity index is 2580. The molecule has 10 rings (SSSR count). The number of aromatic nitrogens is 2. The Morgan fingerprint density at radius 1 is 0.438 bits per heavy atom. The van der Waals surface area contributed by atoms with Crippen LogP contribution in [-0.4, -0.2) is 10.6 Å². The van der Waals surface area contributed by atoms with Crippen molar-refractivity contribution in [1.29, 1.82) is 0 Å². The van der Waals surface area contributed by atoms with Gasteiger partial charge in [0.2, 0.25) is 11.4 Å². The molecule has 4 nitrogen and oxygen atoms in total. The Labute approximate surface area is 293 Å². The Morgan fingerprint density at radius 2 is 0.958 bits per heavy atom. The van der Waals surface area contributed by atoms with Crippen LogP contribution in [0.4, 0.5) is 22.7 Å². The number of hydrogen-bond donors (Lipinski definition) is 0. The molecule has 0 unspecified atom stereocenters. The van der Waals surface area contributed by atoms with Gasteiger partial charge in [0.15, 0.2) is 0 Å². The minimum atomic E-state index is 0. The van der Waals surface area contributed by atoms with Gasteiger partial charge in [0.25, 0.3) is 11.4 Å². The van der Waals surface area contributed by atoms with E-state index in [-0.39, 0.29) is 22.4 Å².